The Bertz CT molecular complexity index is 1270. The SMILES string of the molecule is Cc1cc(C)cc(COc2ccccc2/C=C2\C(=O)NC(=O)N(c3ccccc3C)C2=O)c1. The van der Waals surface area contributed by atoms with E-state index in [1.165, 1.54) is 6.08 Å². The fourth-order valence-electron chi connectivity index (χ4n) is 3.89. The highest BCUT2D eigenvalue weighted by atomic mass is 16.5. The molecule has 1 saturated heterocycles. The molecule has 6 nitrogen and oxygen atoms in total. The molecule has 0 aliphatic carbocycles. The predicted octanol–water partition coefficient (Wildman–Crippen LogP) is 4.86. The summed E-state index contributed by atoms with van der Waals surface area (Å²) >= 11 is 0. The second-order valence-electron chi connectivity index (χ2n) is 8.07. The maximum Gasteiger partial charge on any atom is 0.335 e. The average Bonchev–Trinajstić information content (AvgIpc) is 2.76. The normalized spacial score (nSPS) is 15.1. The van der Waals surface area contributed by atoms with Crippen LogP contribution in [0.1, 0.15) is 27.8 Å². The summed E-state index contributed by atoms with van der Waals surface area (Å²) in [5, 5.41) is 2.26. The third-order valence-corrected chi connectivity index (χ3v) is 5.35. The summed E-state index contributed by atoms with van der Waals surface area (Å²) in [6, 6.07) is 19.6. The number of ether oxygens (including phenoxy) is 1. The van der Waals surface area contributed by atoms with Gasteiger partial charge < -0.3 is 4.74 Å². The third-order valence-electron chi connectivity index (χ3n) is 5.35. The highest BCUT2D eigenvalue weighted by molar-refractivity contribution is 6.39. The Balaban J connectivity index is 1.65. The summed E-state index contributed by atoms with van der Waals surface area (Å²) in [5.74, 6) is -0.884. The van der Waals surface area contributed by atoms with E-state index in [1.54, 1.807) is 43.3 Å². The molecule has 0 spiro atoms. The number of nitrogens with zero attached hydrogens (tertiary/aromatic N) is 1. The monoisotopic (exact) mass is 440 g/mol. The van der Waals surface area contributed by atoms with Gasteiger partial charge in [0.25, 0.3) is 11.8 Å². The summed E-state index contributed by atoms with van der Waals surface area (Å²) in [6.07, 6.45) is 1.46. The minimum absolute atomic E-state index is 0.139. The first-order valence-corrected chi connectivity index (χ1v) is 10.6. The molecular formula is C27H24N2O4. The number of amides is 4. The van der Waals surface area contributed by atoms with E-state index < -0.39 is 17.8 Å². The fourth-order valence-corrected chi connectivity index (χ4v) is 3.89. The molecule has 1 fully saturated rings. The van der Waals surface area contributed by atoms with Crippen LogP contribution in [0.5, 0.6) is 5.75 Å². The van der Waals surface area contributed by atoms with Crippen LogP contribution in [0.25, 0.3) is 6.08 Å². The molecule has 0 bridgehead atoms. The van der Waals surface area contributed by atoms with Gasteiger partial charge in [0, 0.05) is 5.56 Å². The van der Waals surface area contributed by atoms with Gasteiger partial charge in [-0.3, -0.25) is 14.9 Å². The van der Waals surface area contributed by atoms with Crippen LogP contribution in [0.3, 0.4) is 0 Å². The Morgan fingerprint density at radius 3 is 2.27 bits per heavy atom. The molecule has 0 atom stereocenters. The molecule has 6 heteroatoms. The lowest BCUT2D eigenvalue weighted by molar-refractivity contribution is -0.122. The Hall–Kier alpha value is -4.19. The molecule has 1 aliphatic rings. The standard InChI is InChI=1S/C27H24N2O4/c1-17-12-18(2)14-20(13-17)16-33-24-11-7-5-9-21(24)15-22-25(30)28-27(32)29(26(22)31)23-10-6-4-8-19(23)3/h4-15H,16H2,1-3H3,(H,28,30,32)/b22-15+. The van der Waals surface area contributed by atoms with Crippen LogP contribution in [-0.4, -0.2) is 17.8 Å². The van der Waals surface area contributed by atoms with Gasteiger partial charge >= 0.3 is 6.03 Å². The topological polar surface area (TPSA) is 75.7 Å². The number of carbonyl (C=O) groups is 3. The number of rotatable bonds is 5. The molecule has 3 aromatic rings. The average molecular weight is 440 g/mol. The largest absolute Gasteiger partial charge is 0.488 e. The van der Waals surface area contributed by atoms with Crippen molar-refractivity contribution in [3.63, 3.8) is 0 Å². The molecule has 0 aromatic heterocycles. The lowest BCUT2D eigenvalue weighted by Crippen LogP contribution is -2.54. The number of carbonyl (C=O) groups excluding carboxylic acids is 3. The summed E-state index contributed by atoms with van der Waals surface area (Å²) in [7, 11) is 0. The molecule has 1 heterocycles. The number of urea groups is 1. The van der Waals surface area contributed by atoms with Crippen molar-refractivity contribution in [2.45, 2.75) is 27.4 Å². The first kappa shape index (κ1) is 22.0. The van der Waals surface area contributed by atoms with Crippen molar-refractivity contribution in [2.75, 3.05) is 4.90 Å². The quantitative estimate of drug-likeness (QED) is 0.454. The van der Waals surface area contributed by atoms with Gasteiger partial charge in [-0.1, -0.05) is 65.7 Å². The fraction of sp³-hybridized carbons (Fsp3) is 0.148. The number of aryl methyl sites for hydroxylation is 3. The number of nitrogens with one attached hydrogen (secondary N) is 1. The van der Waals surface area contributed by atoms with Crippen LogP contribution in [-0.2, 0) is 16.2 Å². The lowest BCUT2D eigenvalue weighted by atomic mass is 10.0. The molecule has 1 aliphatic heterocycles. The highest BCUT2D eigenvalue weighted by Crippen LogP contribution is 2.27. The molecule has 0 saturated carbocycles. The highest BCUT2D eigenvalue weighted by Gasteiger charge is 2.37. The van der Waals surface area contributed by atoms with Crippen LogP contribution in [0.4, 0.5) is 10.5 Å². The zero-order chi connectivity index (χ0) is 23.5. The van der Waals surface area contributed by atoms with Gasteiger partial charge in [0.15, 0.2) is 0 Å². The van der Waals surface area contributed by atoms with Crippen molar-refractivity contribution in [1.29, 1.82) is 0 Å². The van der Waals surface area contributed by atoms with E-state index in [2.05, 4.69) is 23.5 Å². The predicted molar refractivity (Wildman–Crippen MR) is 127 cm³/mol. The van der Waals surface area contributed by atoms with E-state index in [1.807, 2.05) is 26.0 Å². The minimum Gasteiger partial charge on any atom is -0.488 e. The molecule has 166 valence electrons. The van der Waals surface area contributed by atoms with E-state index in [4.69, 9.17) is 4.74 Å². The van der Waals surface area contributed by atoms with Gasteiger partial charge in [-0.2, -0.15) is 0 Å². The maximum atomic E-state index is 13.2. The summed E-state index contributed by atoms with van der Waals surface area (Å²) in [4.78, 5) is 39.2. The van der Waals surface area contributed by atoms with E-state index in [0.717, 1.165) is 27.2 Å². The third kappa shape index (κ3) is 4.70. The van der Waals surface area contributed by atoms with Crippen LogP contribution < -0.4 is 15.0 Å². The van der Waals surface area contributed by atoms with Crippen molar-refractivity contribution in [2.24, 2.45) is 0 Å². The van der Waals surface area contributed by atoms with E-state index in [0.29, 0.717) is 23.6 Å². The number of barbiturate groups is 1. The van der Waals surface area contributed by atoms with Crippen LogP contribution in [0.2, 0.25) is 0 Å². The molecule has 4 rings (SSSR count). The van der Waals surface area contributed by atoms with Crippen molar-refractivity contribution < 1.29 is 19.1 Å². The van der Waals surface area contributed by atoms with Crippen LogP contribution in [0, 0.1) is 20.8 Å². The van der Waals surface area contributed by atoms with Crippen molar-refractivity contribution in [3.05, 3.63) is 100 Å². The number of imide groups is 2. The van der Waals surface area contributed by atoms with E-state index in [9.17, 15) is 14.4 Å². The van der Waals surface area contributed by atoms with Crippen LogP contribution in [0.15, 0.2) is 72.3 Å². The van der Waals surface area contributed by atoms with Gasteiger partial charge in [0.05, 0.1) is 5.69 Å². The smallest absolute Gasteiger partial charge is 0.335 e. The maximum absolute atomic E-state index is 13.2. The number of anilines is 1. The Morgan fingerprint density at radius 2 is 1.55 bits per heavy atom. The first-order valence-electron chi connectivity index (χ1n) is 10.6. The molecule has 1 N–H and O–H groups in total. The summed E-state index contributed by atoms with van der Waals surface area (Å²) in [5.41, 5.74) is 4.92. The zero-order valence-electron chi connectivity index (χ0n) is 18.7. The number of hydrogen-bond donors (Lipinski definition) is 1. The molecule has 4 amide bonds. The van der Waals surface area contributed by atoms with E-state index >= 15 is 0 Å². The number of para-hydroxylation sites is 2. The van der Waals surface area contributed by atoms with Gasteiger partial charge in [-0.05, 0) is 50.1 Å². The second kappa shape index (κ2) is 9.12. The van der Waals surface area contributed by atoms with Crippen molar-refractivity contribution >= 4 is 29.6 Å². The minimum atomic E-state index is -0.768. The Morgan fingerprint density at radius 1 is 0.879 bits per heavy atom. The summed E-state index contributed by atoms with van der Waals surface area (Å²) < 4.78 is 6.03. The first-order chi connectivity index (χ1) is 15.8. The van der Waals surface area contributed by atoms with Gasteiger partial charge in [0.2, 0.25) is 0 Å². The molecule has 0 unspecified atom stereocenters. The number of benzene rings is 3. The molecular weight excluding hydrogens is 416 g/mol. The Labute approximate surface area is 192 Å². The molecule has 0 radical (unpaired) electrons. The summed E-state index contributed by atoms with van der Waals surface area (Å²) in [6.45, 7) is 6.20. The Kier molecular flexibility index (Phi) is 6.09. The van der Waals surface area contributed by atoms with Crippen molar-refractivity contribution in [3.8, 4) is 5.75 Å². The lowest BCUT2D eigenvalue weighted by Gasteiger charge is -2.27. The van der Waals surface area contributed by atoms with Gasteiger partial charge in [0.1, 0.15) is 17.9 Å². The van der Waals surface area contributed by atoms with Crippen molar-refractivity contribution in [1.82, 2.24) is 5.32 Å². The van der Waals surface area contributed by atoms with Gasteiger partial charge in [-0.15, -0.1) is 0 Å². The number of hydrogen-bond acceptors (Lipinski definition) is 4. The van der Waals surface area contributed by atoms with E-state index in [-0.39, 0.29) is 5.57 Å². The second-order valence-corrected chi connectivity index (χ2v) is 8.07. The van der Waals surface area contributed by atoms with Crippen LogP contribution >= 0.6 is 0 Å². The molecule has 3 aromatic carbocycles. The molecule has 33 heavy (non-hydrogen) atoms. The van der Waals surface area contributed by atoms with Gasteiger partial charge in [-0.25, -0.2) is 9.69 Å². The zero-order valence-corrected chi connectivity index (χ0v) is 18.7.